The summed E-state index contributed by atoms with van der Waals surface area (Å²) in [5.74, 6) is 1.55. The number of ether oxygens (including phenoxy) is 1. The fourth-order valence-corrected chi connectivity index (χ4v) is 4.17. The predicted molar refractivity (Wildman–Crippen MR) is 131 cm³/mol. The van der Waals surface area contributed by atoms with E-state index in [0.717, 1.165) is 63.0 Å². The first-order chi connectivity index (χ1) is 14.7. The van der Waals surface area contributed by atoms with Crippen molar-refractivity contribution in [1.29, 1.82) is 0 Å². The number of carbonyl (C=O) groups is 1. The molecule has 3 heterocycles. The van der Waals surface area contributed by atoms with E-state index in [4.69, 9.17) is 14.1 Å². The fourth-order valence-electron chi connectivity index (χ4n) is 4.17. The normalized spacial score (nSPS) is 20.7. The highest BCUT2D eigenvalue weighted by Crippen LogP contribution is 2.38. The van der Waals surface area contributed by atoms with Gasteiger partial charge in [-0.15, -0.1) is 24.0 Å². The van der Waals surface area contributed by atoms with Crippen LogP contribution >= 0.6 is 24.0 Å². The van der Waals surface area contributed by atoms with Crippen molar-refractivity contribution in [2.75, 3.05) is 32.8 Å². The molecule has 1 unspecified atom stereocenters. The zero-order chi connectivity index (χ0) is 20.8. The summed E-state index contributed by atoms with van der Waals surface area (Å²) in [5.41, 5.74) is 1.93. The number of nitrogens with one attached hydrogen (secondary N) is 2. The van der Waals surface area contributed by atoms with Gasteiger partial charge in [-0.3, -0.25) is 4.79 Å². The summed E-state index contributed by atoms with van der Waals surface area (Å²) in [4.78, 5) is 19.7. The number of benzene rings is 1. The second-order valence-electron chi connectivity index (χ2n) is 8.11. The van der Waals surface area contributed by atoms with E-state index in [0.29, 0.717) is 24.1 Å². The van der Waals surface area contributed by atoms with E-state index in [1.165, 1.54) is 0 Å². The first-order valence-electron chi connectivity index (χ1n) is 10.7. The first kappa shape index (κ1) is 23.6. The Bertz CT molecular complexity index is 879. The molecule has 2 fully saturated rings. The Kier molecular flexibility index (Phi) is 8.36. The van der Waals surface area contributed by atoms with E-state index in [1.54, 1.807) is 6.26 Å². The fraction of sp³-hybridized carbons (Fsp3) is 0.478. The van der Waals surface area contributed by atoms with Crippen molar-refractivity contribution in [3.8, 4) is 0 Å². The minimum Gasteiger partial charge on any atom is -0.467 e. The number of hydrogen-bond donors (Lipinski definition) is 2. The Balaban J connectivity index is 0.00000272. The average Bonchev–Trinajstić information content (AvgIpc) is 3.53. The summed E-state index contributed by atoms with van der Waals surface area (Å²) in [5, 5.41) is 6.31. The minimum atomic E-state index is -0.119. The number of halogens is 1. The molecule has 0 saturated carbocycles. The molecule has 0 aliphatic carbocycles. The van der Waals surface area contributed by atoms with Crippen molar-refractivity contribution >= 4 is 35.8 Å². The van der Waals surface area contributed by atoms with E-state index < -0.39 is 0 Å². The minimum absolute atomic E-state index is 0. The second-order valence-corrected chi connectivity index (χ2v) is 8.11. The summed E-state index contributed by atoms with van der Waals surface area (Å²) >= 11 is 0. The van der Waals surface area contributed by atoms with Gasteiger partial charge in [-0.05, 0) is 49.6 Å². The number of likely N-dealkylation sites (tertiary alicyclic amines) is 1. The lowest BCUT2D eigenvalue weighted by Crippen LogP contribution is -2.41. The van der Waals surface area contributed by atoms with Crippen molar-refractivity contribution in [3.05, 3.63) is 59.5 Å². The quantitative estimate of drug-likeness (QED) is 0.335. The van der Waals surface area contributed by atoms with Gasteiger partial charge in [0.2, 0.25) is 0 Å². The largest absolute Gasteiger partial charge is 0.467 e. The van der Waals surface area contributed by atoms with Crippen LogP contribution in [0.15, 0.2) is 52.1 Å². The van der Waals surface area contributed by atoms with Gasteiger partial charge in [0.15, 0.2) is 5.96 Å². The molecular weight excluding hydrogens is 507 g/mol. The summed E-state index contributed by atoms with van der Waals surface area (Å²) in [6.07, 6.45) is 3.89. The van der Waals surface area contributed by atoms with Crippen molar-refractivity contribution < 1.29 is 13.9 Å². The van der Waals surface area contributed by atoms with Crippen LogP contribution < -0.4 is 10.6 Å². The van der Waals surface area contributed by atoms with E-state index in [1.807, 2.05) is 36.4 Å². The molecule has 1 amide bonds. The van der Waals surface area contributed by atoms with Crippen LogP contribution in [0, 0.1) is 5.41 Å². The van der Waals surface area contributed by atoms with Gasteiger partial charge in [-0.25, -0.2) is 4.99 Å². The van der Waals surface area contributed by atoms with Crippen molar-refractivity contribution in [2.45, 2.75) is 32.9 Å². The van der Waals surface area contributed by atoms with Crippen molar-refractivity contribution in [3.63, 3.8) is 0 Å². The number of nitrogens with zero attached hydrogens (tertiary/aromatic N) is 2. The molecule has 2 N–H and O–H groups in total. The molecule has 2 aliphatic heterocycles. The molecule has 8 heteroatoms. The Labute approximate surface area is 200 Å². The van der Waals surface area contributed by atoms with Crippen LogP contribution in [0.1, 0.15) is 41.4 Å². The van der Waals surface area contributed by atoms with Gasteiger partial charge in [-0.2, -0.15) is 0 Å². The Morgan fingerprint density at radius 1 is 1.23 bits per heavy atom. The molecule has 2 aliphatic rings. The Morgan fingerprint density at radius 2 is 2.13 bits per heavy atom. The second kappa shape index (κ2) is 11.0. The van der Waals surface area contributed by atoms with E-state index in [-0.39, 0.29) is 29.9 Å². The van der Waals surface area contributed by atoms with E-state index in [2.05, 4.69) is 22.5 Å². The third-order valence-electron chi connectivity index (χ3n) is 5.86. The zero-order valence-electron chi connectivity index (χ0n) is 17.9. The van der Waals surface area contributed by atoms with Gasteiger partial charge in [0.25, 0.3) is 5.91 Å². The standard InChI is InChI=1S/C23H30N4O3.HI/c1-2-24-22(27-10-8-23(16-27)9-12-29-17-23)26-14-18-5-3-6-19(13-18)21(28)25-15-20-7-4-11-30-20;/h3-7,11,13H,2,8-10,12,14-17H2,1H3,(H,24,26)(H,25,28);1H. The smallest absolute Gasteiger partial charge is 0.251 e. The number of aliphatic imine (C=N–C) groups is 1. The molecule has 168 valence electrons. The highest BCUT2D eigenvalue weighted by atomic mass is 127. The molecule has 0 radical (unpaired) electrons. The molecule has 1 spiro atoms. The lowest BCUT2D eigenvalue weighted by Gasteiger charge is -2.25. The van der Waals surface area contributed by atoms with Crippen LogP contribution in [0.5, 0.6) is 0 Å². The lowest BCUT2D eigenvalue weighted by molar-refractivity contribution is 0.0948. The lowest BCUT2D eigenvalue weighted by atomic mass is 9.87. The van der Waals surface area contributed by atoms with Gasteiger partial charge in [0.1, 0.15) is 5.76 Å². The Morgan fingerprint density at radius 3 is 2.87 bits per heavy atom. The van der Waals surface area contributed by atoms with Gasteiger partial charge in [-0.1, -0.05) is 12.1 Å². The highest BCUT2D eigenvalue weighted by molar-refractivity contribution is 14.0. The zero-order valence-corrected chi connectivity index (χ0v) is 20.3. The van der Waals surface area contributed by atoms with Crippen LogP contribution in [0.3, 0.4) is 0 Å². The number of rotatable bonds is 6. The first-order valence-corrected chi connectivity index (χ1v) is 10.7. The molecule has 31 heavy (non-hydrogen) atoms. The van der Waals surface area contributed by atoms with Gasteiger partial charge < -0.3 is 24.7 Å². The monoisotopic (exact) mass is 538 g/mol. The van der Waals surface area contributed by atoms with Crippen LogP contribution in [0.25, 0.3) is 0 Å². The maximum absolute atomic E-state index is 12.5. The number of carbonyl (C=O) groups excluding carboxylic acids is 1. The molecule has 7 nitrogen and oxygen atoms in total. The molecular formula is C23H31IN4O3. The van der Waals surface area contributed by atoms with Gasteiger partial charge in [0.05, 0.1) is 26.0 Å². The summed E-state index contributed by atoms with van der Waals surface area (Å²) in [6.45, 7) is 7.55. The number of amides is 1. The third-order valence-corrected chi connectivity index (χ3v) is 5.86. The van der Waals surface area contributed by atoms with E-state index >= 15 is 0 Å². The van der Waals surface area contributed by atoms with Gasteiger partial charge in [0, 0.05) is 37.2 Å². The highest BCUT2D eigenvalue weighted by Gasteiger charge is 2.42. The summed E-state index contributed by atoms with van der Waals surface area (Å²) < 4.78 is 10.9. The van der Waals surface area contributed by atoms with Crippen LogP contribution in [0.2, 0.25) is 0 Å². The molecule has 4 rings (SSSR count). The summed E-state index contributed by atoms with van der Waals surface area (Å²) in [6, 6.07) is 11.3. The maximum atomic E-state index is 12.5. The molecule has 0 bridgehead atoms. The van der Waals surface area contributed by atoms with Gasteiger partial charge >= 0.3 is 0 Å². The number of furan rings is 1. The van der Waals surface area contributed by atoms with Crippen LogP contribution in [-0.4, -0.2) is 49.6 Å². The molecule has 1 atom stereocenters. The Hall–Kier alpha value is -2.07. The van der Waals surface area contributed by atoms with Crippen LogP contribution in [-0.2, 0) is 17.8 Å². The topological polar surface area (TPSA) is 79.1 Å². The predicted octanol–water partition coefficient (Wildman–Crippen LogP) is 3.41. The molecule has 2 saturated heterocycles. The summed E-state index contributed by atoms with van der Waals surface area (Å²) in [7, 11) is 0. The number of hydrogen-bond acceptors (Lipinski definition) is 4. The molecule has 1 aromatic carbocycles. The van der Waals surface area contributed by atoms with Crippen molar-refractivity contribution in [1.82, 2.24) is 15.5 Å². The van der Waals surface area contributed by atoms with Crippen LogP contribution in [0.4, 0.5) is 0 Å². The van der Waals surface area contributed by atoms with E-state index in [9.17, 15) is 4.79 Å². The number of guanidine groups is 1. The molecule has 1 aromatic heterocycles. The maximum Gasteiger partial charge on any atom is 0.251 e. The molecule has 2 aromatic rings. The third kappa shape index (κ3) is 6.00. The SMILES string of the molecule is CCNC(=NCc1cccc(C(=O)NCc2ccco2)c1)N1CCC2(CCOC2)C1.I. The average molecular weight is 538 g/mol. The van der Waals surface area contributed by atoms with Crippen molar-refractivity contribution in [2.24, 2.45) is 10.4 Å².